The monoisotopic (exact) mass is 383 g/mol. The van der Waals surface area contributed by atoms with Crippen LogP contribution in [0.25, 0.3) is 0 Å². The van der Waals surface area contributed by atoms with Gasteiger partial charge in [0.05, 0.1) is 5.02 Å². The number of nitrogens with two attached hydrogens (primary N) is 1. The Kier molecular flexibility index (Phi) is 5.46. The molecule has 0 unspecified atom stereocenters. The van der Waals surface area contributed by atoms with Crippen LogP contribution in [0.4, 0.5) is 5.69 Å². The maximum absolute atomic E-state index is 12.4. The van der Waals surface area contributed by atoms with Crippen molar-refractivity contribution in [3.8, 4) is 0 Å². The summed E-state index contributed by atoms with van der Waals surface area (Å²) >= 11 is 9.44. The fraction of sp³-hybridized carbons (Fsp3) is 0.375. The predicted molar refractivity (Wildman–Crippen MR) is 98.0 cm³/mol. The number of amides is 1. The van der Waals surface area contributed by atoms with Crippen molar-refractivity contribution in [1.29, 1.82) is 0 Å². The third kappa shape index (κ3) is 4.10. The molecule has 5 nitrogen and oxygen atoms in total. The molecule has 2 aromatic rings. The van der Waals surface area contributed by atoms with Gasteiger partial charge in [-0.25, -0.2) is 4.98 Å². The van der Waals surface area contributed by atoms with E-state index in [-0.39, 0.29) is 5.91 Å². The molecule has 1 aromatic carbocycles. The minimum Gasteiger partial charge on any atom is -0.381 e. The lowest BCUT2D eigenvalue weighted by Gasteiger charge is -2.31. The molecule has 3 N–H and O–H groups in total. The Balaban J connectivity index is 1.69. The van der Waals surface area contributed by atoms with Crippen LogP contribution in [0.5, 0.6) is 0 Å². The summed E-state index contributed by atoms with van der Waals surface area (Å²) in [4.78, 5) is 17.7. The summed E-state index contributed by atoms with van der Waals surface area (Å²) in [6.07, 6.45) is 1.04. The fourth-order valence-corrected chi connectivity index (χ4v) is 4.45. The number of carbonyl (C=O) groups excluding carboxylic acids is 1. The number of ether oxygens (including phenoxy) is 1. The summed E-state index contributed by atoms with van der Waals surface area (Å²) in [5.41, 5.74) is 6.94. The maximum atomic E-state index is 12.4. The van der Waals surface area contributed by atoms with Gasteiger partial charge in [-0.05, 0) is 38.0 Å². The van der Waals surface area contributed by atoms with Crippen molar-refractivity contribution in [2.24, 2.45) is 5.73 Å². The van der Waals surface area contributed by atoms with Crippen molar-refractivity contribution >= 4 is 46.3 Å². The zero-order valence-electron chi connectivity index (χ0n) is 13.2. The van der Waals surface area contributed by atoms with E-state index in [4.69, 9.17) is 22.1 Å². The van der Waals surface area contributed by atoms with Crippen molar-refractivity contribution in [3.63, 3.8) is 0 Å². The largest absolute Gasteiger partial charge is 0.381 e. The summed E-state index contributed by atoms with van der Waals surface area (Å²) in [5, 5.41) is 5.43. The van der Waals surface area contributed by atoms with Crippen molar-refractivity contribution in [1.82, 2.24) is 4.98 Å². The van der Waals surface area contributed by atoms with E-state index in [2.05, 4.69) is 10.3 Å². The highest BCUT2D eigenvalue weighted by atomic mass is 35.5. The number of carbonyl (C=O) groups is 1. The molecule has 128 valence electrons. The smallest absolute Gasteiger partial charge is 0.244 e. The van der Waals surface area contributed by atoms with Crippen LogP contribution in [-0.4, -0.2) is 29.6 Å². The topological polar surface area (TPSA) is 77.2 Å². The van der Waals surface area contributed by atoms with E-state index in [1.165, 1.54) is 11.8 Å². The van der Waals surface area contributed by atoms with E-state index in [1.807, 2.05) is 24.4 Å². The van der Waals surface area contributed by atoms with E-state index < -0.39 is 5.54 Å². The van der Waals surface area contributed by atoms with Gasteiger partial charge in [0, 0.05) is 34.9 Å². The molecule has 8 heteroatoms. The molecule has 0 radical (unpaired) electrons. The third-order valence-corrected chi connectivity index (χ3v) is 6.38. The number of rotatable bonds is 4. The molecule has 3 rings (SSSR count). The van der Waals surface area contributed by atoms with Gasteiger partial charge in [0.2, 0.25) is 5.91 Å². The normalized spacial score (nSPS) is 16.8. The van der Waals surface area contributed by atoms with Crippen LogP contribution in [0, 0.1) is 6.92 Å². The van der Waals surface area contributed by atoms with Gasteiger partial charge in [-0.3, -0.25) is 4.79 Å². The van der Waals surface area contributed by atoms with Crippen LogP contribution < -0.4 is 11.1 Å². The molecule has 1 aromatic heterocycles. The highest BCUT2D eigenvalue weighted by Crippen LogP contribution is 2.36. The van der Waals surface area contributed by atoms with Crippen molar-refractivity contribution in [3.05, 3.63) is 34.3 Å². The molecule has 1 saturated heterocycles. The second-order valence-electron chi connectivity index (χ2n) is 5.72. The average molecular weight is 384 g/mol. The van der Waals surface area contributed by atoms with Crippen LogP contribution in [0.3, 0.4) is 0 Å². The quantitative estimate of drug-likeness (QED) is 0.841. The number of aryl methyl sites for hydroxylation is 1. The first-order chi connectivity index (χ1) is 11.5. The fourth-order valence-electron chi connectivity index (χ4n) is 2.35. The van der Waals surface area contributed by atoms with E-state index in [0.29, 0.717) is 36.8 Å². The minimum atomic E-state index is -0.878. The van der Waals surface area contributed by atoms with Gasteiger partial charge in [-0.2, -0.15) is 0 Å². The van der Waals surface area contributed by atoms with Crippen LogP contribution in [0.2, 0.25) is 5.02 Å². The summed E-state index contributed by atoms with van der Waals surface area (Å²) in [6, 6.07) is 5.45. The molecule has 0 atom stereocenters. The zero-order valence-corrected chi connectivity index (χ0v) is 15.6. The van der Waals surface area contributed by atoms with Crippen LogP contribution >= 0.6 is 34.7 Å². The lowest BCUT2D eigenvalue weighted by atomic mass is 9.90. The number of halogens is 1. The molecule has 0 saturated carbocycles. The summed E-state index contributed by atoms with van der Waals surface area (Å²) in [6.45, 7) is 2.97. The lowest BCUT2D eigenvalue weighted by molar-refractivity contribution is -0.124. The Labute approximate surface area is 153 Å². The summed E-state index contributed by atoms with van der Waals surface area (Å²) in [5.74, 6) is -0.196. The molecule has 2 heterocycles. The van der Waals surface area contributed by atoms with Crippen molar-refractivity contribution in [2.45, 2.75) is 34.5 Å². The standard InChI is InChI=1S/C16H18ClN3O2S2/c1-10-9-23-15(19-10)24-13-3-2-11(8-12(13)17)20-14(21)16(18)4-6-22-7-5-16/h2-3,8-9H,4-7,18H2,1H3,(H,20,21). The van der Waals surface area contributed by atoms with Gasteiger partial charge in [-0.15, -0.1) is 11.3 Å². The van der Waals surface area contributed by atoms with Gasteiger partial charge in [0.15, 0.2) is 4.34 Å². The maximum Gasteiger partial charge on any atom is 0.244 e. The Morgan fingerprint density at radius 3 is 2.83 bits per heavy atom. The third-order valence-electron chi connectivity index (χ3n) is 3.82. The van der Waals surface area contributed by atoms with Gasteiger partial charge in [0.25, 0.3) is 0 Å². The van der Waals surface area contributed by atoms with Crippen molar-refractivity contribution < 1.29 is 9.53 Å². The highest BCUT2D eigenvalue weighted by molar-refractivity contribution is 8.01. The van der Waals surface area contributed by atoms with Crippen LogP contribution in [-0.2, 0) is 9.53 Å². The molecule has 24 heavy (non-hydrogen) atoms. The first-order valence-electron chi connectivity index (χ1n) is 7.54. The molecular formula is C16H18ClN3O2S2. The van der Waals surface area contributed by atoms with Gasteiger partial charge < -0.3 is 15.8 Å². The molecule has 0 aliphatic carbocycles. The van der Waals surface area contributed by atoms with E-state index in [0.717, 1.165) is 14.9 Å². The zero-order chi connectivity index (χ0) is 17.2. The molecule has 0 bridgehead atoms. The van der Waals surface area contributed by atoms with Gasteiger partial charge in [-0.1, -0.05) is 23.4 Å². The Bertz CT molecular complexity index is 745. The summed E-state index contributed by atoms with van der Waals surface area (Å²) in [7, 11) is 0. The first-order valence-corrected chi connectivity index (χ1v) is 9.61. The molecule has 0 spiro atoms. The van der Waals surface area contributed by atoms with Crippen LogP contribution in [0.15, 0.2) is 32.8 Å². The number of aromatic nitrogens is 1. The number of anilines is 1. The number of benzene rings is 1. The molecular weight excluding hydrogens is 366 g/mol. The van der Waals surface area contributed by atoms with E-state index >= 15 is 0 Å². The Hall–Kier alpha value is -1.12. The molecule has 1 aliphatic rings. The van der Waals surface area contributed by atoms with Crippen LogP contribution in [0.1, 0.15) is 18.5 Å². The lowest BCUT2D eigenvalue weighted by Crippen LogP contribution is -2.54. The molecule has 1 aliphatic heterocycles. The number of nitrogens with zero attached hydrogens (tertiary/aromatic N) is 1. The SMILES string of the molecule is Cc1csc(Sc2ccc(NC(=O)C3(N)CCOCC3)cc2Cl)n1. The Morgan fingerprint density at radius 2 is 2.21 bits per heavy atom. The Morgan fingerprint density at radius 1 is 1.46 bits per heavy atom. The second kappa shape index (κ2) is 7.41. The predicted octanol–water partition coefficient (Wildman–Crippen LogP) is 3.70. The van der Waals surface area contributed by atoms with E-state index in [1.54, 1.807) is 17.4 Å². The number of hydrogen-bond donors (Lipinski definition) is 2. The van der Waals surface area contributed by atoms with Crippen molar-refractivity contribution in [2.75, 3.05) is 18.5 Å². The number of hydrogen-bond acceptors (Lipinski definition) is 6. The molecule has 1 amide bonds. The highest BCUT2D eigenvalue weighted by Gasteiger charge is 2.35. The molecule has 1 fully saturated rings. The van der Waals surface area contributed by atoms with Gasteiger partial charge >= 0.3 is 0 Å². The minimum absolute atomic E-state index is 0.196. The number of thiazole rings is 1. The van der Waals surface area contributed by atoms with Gasteiger partial charge in [0.1, 0.15) is 5.54 Å². The second-order valence-corrected chi connectivity index (χ2v) is 8.28. The summed E-state index contributed by atoms with van der Waals surface area (Å²) < 4.78 is 6.21. The first kappa shape index (κ1) is 17.7. The number of nitrogens with one attached hydrogen (secondary N) is 1. The average Bonchev–Trinajstić information content (AvgIpc) is 2.96. The van der Waals surface area contributed by atoms with E-state index in [9.17, 15) is 4.79 Å².